The molecule has 5 nitrogen and oxygen atoms in total. The molecule has 19 heavy (non-hydrogen) atoms. The number of hydrogen-bond donors (Lipinski definition) is 2. The Kier molecular flexibility index (Phi) is 3.85. The Balaban J connectivity index is 2.33. The van der Waals surface area contributed by atoms with Gasteiger partial charge in [0.15, 0.2) is 5.82 Å². The number of nitrogen functional groups attached to an aromatic ring is 1. The lowest BCUT2D eigenvalue weighted by Crippen LogP contribution is -2.01. The van der Waals surface area contributed by atoms with E-state index in [0.717, 1.165) is 23.6 Å². The van der Waals surface area contributed by atoms with Gasteiger partial charge in [-0.3, -0.25) is 4.68 Å². The molecule has 0 aliphatic heterocycles. The Morgan fingerprint density at radius 1 is 1.47 bits per heavy atom. The summed E-state index contributed by atoms with van der Waals surface area (Å²) < 4.78 is 6.92. The highest BCUT2D eigenvalue weighted by atomic mass is 35.5. The molecule has 102 valence electrons. The molecule has 0 bridgehead atoms. The minimum absolute atomic E-state index is 0.570. The van der Waals surface area contributed by atoms with Gasteiger partial charge in [0.05, 0.1) is 23.5 Å². The molecule has 1 heterocycles. The number of aryl methyl sites for hydroxylation is 2. The minimum atomic E-state index is 0.570. The van der Waals surface area contributed by atoms with E-state index in [1.807, 2.05) is 26.1 Å². The Hall–Kier alpha value is -1.88. The fourth-order valence-electron chi connectivity index (χ4n) is 1.88. The van der Waals surface area contributed by atoms with E-state index in [9.17, 15) is 0 Å². The SMILES string of the molecule is CCc1nn(C)c(Nc2ccc(Cl)c(OC)c2)c1N. The van der Waals surface area contributed by atoms with E-state index in [2.05, 4.69) is 10.4 Å². The second kappa shape index (κ2) is 5.40. The number of benzene rings is 1. The topological polar surface area (TPSA) is 65.1 Å². The molecule has 1 aromatic heterocycles. The summed E-state index contributed by atoms with van der Waals surface area (Å²) in [6.07, 6.45) is 0.797. The fraction of sp³-hybridized carbons (Fsp3) is 0.308. The van der Waals surface area contributed by atoms with E-state index < -0.39 is 0 Å². The first-order valence-electron chi connectivity index (χ1n) is 5.98. The lowest BCUT2D eigenvalue weighted by Gasteiger charge is -2.10. The van der Waals surface area contributed by atoms with Gasteiger partial charge in [0.1, 0.15) is 5.75 Å². The second-order valence-electron chi connectivity index (χ2n) is 4.16. The van der Waals surface area contributed by atoms with E-state index in [1.165, 1.54) is 0 Å². The predicted octanol–water partition coefficient (Wildman–Crippen LogP) is 2.97. The van der Waals surface area contributed by atoms with Crippen LogP contribution in [-0.2, 0) is 13.5 Å². The van der Waals surface area contributed by atoms with Crippen LogP contribution in [0.3, 0.4) is 0 Å². The normalized spacial score (nSPS) is 10.5. The fourth-order valence-corrected chi connectivity index (χ4v) is 2.07. The first kappa shape index (κ1) is 13.5. The van der Waals surface area contributed by atoms with Crippen LogP contribution in [0.15, 0.2) is 18.2 Å². The quantitative estimate of drug-likeness (QED) is 0.904. The Bertz CT molecular complexity index is 595. The monoisotopic (exact) mass is 280 g/mol. The number of aromatic nitrogens is 2. The minimum Gasteiger partial charge on any atom is -0.495 e. The molecule has 2 rings (SSSR count). The summed E-state index contributed by atoms with van der Waals surface area (Å²) in [6, 6.07) is 5.46. The third-order valence-electron chi connectivity index (χ3n) is 2.91. The Morgan fingerprint density at radius 3 is 2.79 bits per heavy atom. The molecule has 0 fully saturated rings. The number of nitrogens with zero attached hydrogens (tertiary/aromatic N) is 2. The number of halogens is 1. The standard InChI is InChI=1S/C13H17ClN4O/c1-4-10-12(15)13(18(2)17-10)16-8-5-6-9(14)11(7-8)19-3/h5-7,16H,4,15H2,1-3H3. The maximum absolute atomic E-state index is 6.06. The van der Waals surface area contributed by atoms with Gasteiger partial charge in [-0.2, -0.15) is 5.10 Å². The average molecular weight is 281 g/mol. The van der Waals surface area contributed by atoms with Crippen LogP contribution in [0.2, 0.25) is 5.02 Å². The summed E-state index contributed by atoms with van der Waals surface area (Å²) in [5.41, 5.74) is 8.45. The summed E-state index contributed by atoms with van der Waals surface area (Å²) in [4.78, 5) is 0. The highest BCUT2D eigenvalue weighted by molar-refractivity contribution is 6.32. The number of methoxy groups -OCH3 is 1. The first-order valence-corrected chi connectivity index (χ1v) is 6.36. The van der Waals surface area contributed by atoms with Gasteiger partial charge in [0.2, 0.25) is 0 Å². The lowest BCUT2D eigenvalue weighted by molar-refractivity contribution is 0.415. The Labute approximate surface area is 117 Å². The third kappa shape index (κ3) is 2.61. The molecule has 0 radical (unpaired) electrons. The van der Waals surface area contributed by atoms with Crippen molar-refractivity contribution in [3.05, 3.63) is 28.9 Å². The number of nitrogens with two attached hydrogens (primary N) is 1. The summed E-state index contributed by atoms with van der Waals surface area (Å²) in [5, 5.41) is 8.16. The Morgan fingerprint density at radius 2 is 2.21 bits per heavy atom. The van der Waals surface area contributed by atoms with Crippen LogP contribution in [0.5, 0.6) is 5.75 Å². The zero-order chi connectivity index (χ0) is 14.0. The summed E-state index contributed by atoms with van der Waals surface area (Å²) in [6.45, 7) is 2.02. The van der Waals surface area contributed by atoms with Crippen molar-refractivity contribution in [1.29, 1.82) is 0 Å². The van der Waals surface area contributed by atoms with Gasteiger partial charge in [-0.15, -0.1) is 0 Å². The number of anilines is 3. The van der Waals surface area contributed by atoms with E-state index in [0.29, 0.717) is 16.5 Å². The molecule has 0 saturated heterocycles. The molecule has 6 heteroatoms. The van der Waals surface area contributed by atoms with Crippen molar-refractivity contribution in [3.8, 4) is 5.75 Å². The van der Waals surface area contributed by atoms with Gasteiger partial charge in [-0.1, -0.05) is 18.5 Å². The smallest absolute Gasteiger partial charge is 0.152 e. The van der Waals surface area contributed by atoms with Crippen molar-refractivity contribution >= 4 is 28.8 Å². The molecule has 0 unspecified atom stereocenters. The maximum Gasteiger partial charge on any atom is 0.152 e. The second-order valence-corrected chi connectivity index (χ2v) is 4.57. The van der Waals surface area contributed by atoms with Crippen LogP contribution in [-0.4, -0.2) is 16.9 Å². The summed E-state index contributed by atoms with van der Waals surface area (Å²) in [5.74, 6) is 1.38. The van der Waals surface area contributed by atoms with Crippen molar-refractivity contribution in [2.24, 2.45) is 7.05 Å². The number of nitrogens with one attached hydrogen (secondary N) is 1. The summed E-state index contributed by atoms with van der Waals surface area (Å²) >= 11 is 5.99. The van der Waals surface area contributed by atoms with Gasteiger partial charge in [0, 0.05) is 18.8 Å². The largest absolute Gasteiger partial charge is 0.495 e. The van der Waals surface area contributed by atoms with E-state index in [1.54, 1.807) is 17.9 Å². The van der Waals surface area contributed by atoms with E-state index in [-0.39, 0.29) is 0 Å². The third-order valence-corrected chi connectivity index (χ3v) is 3.22. The molecule has 0 aliphatic carbocycles. The van der Waals surface area contributed by atoms with Gasteiger partial charge >= 0.3 is 0 Å². The van der Waals surface area contributed by atoms with Crippen LogP contribution in [0.25, 0.3) is 0 Å². The highest BCUT2D eigenvalue weighted by Gasteiger charge is 2.12. The molecule has 0 aliphatic rings. The molecule has 0 saturated carbocycles. The lowest BCUT2D eigenvalue weighted by atomic mass is 10.2. The average Bonchev–Trinajstić information content (AvgIpc) is 2.68. The number of hydrogen-bond acceptors (Lipinski definition) is 4. The molecule has 0 spiro atoms. The maximum atomic E-state index is 6.06. The summed E-state index contributed by atoms with van der Waals surface area (Å²) in [7, 11) is 3.43. The van der Waals surface area contributed by atoms with Gasteiger partial charge in [-0.05, 0) is 18.6 Å². The zero-order valence-corrected chi connectivity index (χ0v) is 12.0. The first-order chi connectivity index (χ1) is 9.06. The van der Waals surface area contributed by atoms with Crippen molar-refractivity contribution in [2.45, 2.75) is 13.3 Å². The molecule has 1 aromatic carbocycles. The van der Waals surface area contributed by atoms with Crippen LogP contribution in [0, 0.1) is 0 Å². The van der Waals surface area contributed by atoms with Crippen LogP contribution >= 0.6 is 11.6 Å². The van der Waals surface area contributed by atoms with Gasteiger partial charge in [0.25, 0.3) is 0 Å². The van der Waals surface area contributed by atoms with E-state index >= 15 is 0 Å². The molecule has 0 amide bonds. The van der Waals surface area contributed by atoms with Crippen molar-refractivity contribution < 1.29 is 4.74 Å². The van der Waals surface area contributed by atoms with Crippen LogP contribution in [0.4, 0.5) is 17.2 Å². The van der Waals surface area contributed by atoms with Gasteiger partial charge < -0.3 is 15.8 Å². The molecule has 0 atom stereocenters. The van der Waals surface area contributed by atoms with Gasteiger partial charge in [-0.25, -0.2) is 0 Å². The van der Waals surface area contributed by atoms with Crippen molar-refractivity contribution in [1.82, 2.24) is 9.78 Å². The molecule has 2 aromatic rings. The highest BCUT2D eigenvalue weighted by Crippen LogP contribution is 2.31. The van der Waals surface area contributed by atoms with Crippen LogP contribution in [0.1, 0.15) is 12.6 Å². The molecule has 3 N–H and O–H groups in total. The molecular formula is C13H17ClN4O. The number of rotatable bonds is 4. The molecular weight excluding hydrogens is 264 g/mol. The van der Waals surface area contributed by atoms with Crippen LogP contribution < -0.4 is 15.8 Å². The number of ether oxygens (including phenoxy) is 1. The van der Waals surface area contributed by atoms with Crippen molar-refractivity contribution in [3.63, 3.8) is 0 Å². The zero-order valence-electron chi connectivity index (χ0n) is 11.2. The van der Waals surface area contributed by atoms with Crippen molar-refractivity contribution in [2.75, 3.05) is 18.2 Å². The van der Waals surface area contributed by atoms with E-state index in [4.69, 9.17) is 22.1 Å². The predicted molar refractivity (Wildman–Crippen MR) is 78.3 cm³/mol.